The number of hydrogen-bond donors (Lipinski definition) is 0. The molecule has 0 aliphatic carbocycles. The zero-order valence-electron chi connectivity index (χ0n) is 12.1. The van der Waals surface area contributed by atoms with E-state index in [1.165, 1.54) is 6.07 Å². The van der Waals surface area contributed by atoms with Crippen LogP contribution in [0.3, 0.4) is 0 Å². The second-order valence-corrected chi connectivity index (χ2v) is 7.30. The molecule has 0 aliphatic heterocycles. The van der Waals surface area contributed by atoms with Gasteiger partial charge < -0.3 is 9.30 Å². The standard InChI is InChI=1S/C14H17ClN2O3S/c1-10-11(2)14(21(15,18)19)5-4-13(10)20-9-8-17-7-6-16-12(17)3/h4-7H,8-9H2,1-3H3. The summed E-state index contributed by atoms with van der Waals surface area (Å²) in [6.45, 7) is 6.62. The molecule has 0 spiro atoms. The topological polar surface area (TPSA) is 61.2 Å². The predicted octanol–water partition coefficient (Wildman–Crippen LogP) is 2.81. The van der Waals surface area contributed by atoms with Gasteiger partial charge in [-0.1, -0.05) is 0 Å². The molecule has 114 valence electrons. The highest BCUT2D eigenvalue weighted by Crippen LogP contribution is 2.28. The molecule has 0 N–H and O–H groups in total. The van der Waals surface area contributed by atoms with Crippen molar-refractivity contribution >= 4 is 19.7 Å². The molecular weight excluding hydrogens is 312 g/mol. The number of nitrogens with zero attached hydrogens (tertiary/aromatic N) is 2. The van der Waals surface area contributed by atoms with Crippen molar-refractivity contribution in [1.29, 1.82) is 0 Å². The summed E-state index contributed by atoms with van der Waals surface area (Å²) >= 11 is 0. The van der Waals surface area contributed by atoms with Crippen LogP contribution in [0.25, 0.3) is 0 Å². The fourth-order valence-corrected chi connectivity index (χ4v) is 3.34. The van der Waals surface area contributed by atoms with E-state index >= 15 is 0 Å². The van der Waals surface area contributed by atoms with Crippen LogP contribution in [-0.4, -0.2) is 24.6 Å². The Balaban J connectivity index is 2.12. The van der Waals surface area contributed by atoms with E-state index in [9.17, 15) is 8.42 Å². The van der Waals surface area contributed by atoms with E-state index in [1.54, 1.807) is 19.2 Å². The molecule has 0 radical (unpaired) electrons. The normalized spacial score (nSPS) is 11.6. The molecule has 0 saturated heterocycles. The molecule has 0 atom stereocenters. The predicted molar refractivity (Wildman–Crippen MR) is 81.4 cm³/mol. The van der Waals surface area contributed by atoms with Gasteiger partial charge in [-0.05, 0) is 44.0 Å². The number of benzene rings is 1. The number of imidazole rings is 1. The van der Waals surface area contributed by atoms with E-state index < -0.39 is 9.05 Å². The van der Waals surface area contributed by atoms with E-state index in [-0.39, 0.29) is 4.90 Å². The number of aromatic nitrogens is 2. The summed E-state index contributed by atoms with van der Waals surface area (Å²) in [5.74, 6) is 1.59. The fourth-order valence-electron chi connectivity index (χ4n) is 2.09. The molecule has 0 amide bonds. The molecule has 21 heavy (non-hydrogen) atoms. The number of ether oxygens (including phenoxy) is 1. The Morgan fingerprint density at radius 3 is 2.52 bits per heavy atom. The highest BCUT2D eigenvalue weighted by molar-refractivity contribution is 8.13. The van der Waals surface area contributed by atoms with Crippen molar-refractivity contribution in [2.75, 3.05) is 6.61 Å². The molecule has 0 saturated carbocycles. The molecule has 0 unspecified atom stereocenters. The van der Waals surface area contributed by atoms with E-state index in [2.05, 4.69) is 4.98 Å². The van der Waals surface area contributed by atoms with Crippen LogP contribution >= 0.6 is 10.7 Å². The first-order valence-electron chi connectivity index (χ1n) is 6.46. The number of hydrogen-bond acceptors (Lipinski definition) is 4. The average Bonchev–Trinajstić information content (AvgIpc) is 2.79. The van der Waals surface area contributed by atoms with Crippen molar-refractivity contribution in [1.82, 2.24) is 9.55 Å². The maximum atomic E-state index is 11.4. The van der Waals surface area contributed by atoms with Crippen LogP contribution in [0, 0.1) is 20.8 Å². The second kappa shape index (κ2) is 6.07. The third-order valence-corrected chi connectivity index (χ3v) is 4.93. The smallest absolute Gasteiger partial charge is 0.261 e. The minimum atomic E-state index is -3.73. The van der Waals surface area contributed by atoms with E-state index in [0.29, 0.717) is 24.5 Å². The van der Waals surface area contributed by atoms with Crippen molar-refractivity contribution in [3.63, 3.8) is 0 Å². The van der Waals surface area contributed by atoms with Gasteiger partial charge in [-0.3, -0.25) is 0 Å². The maximum absolute atomic E-state index is 11.4. The van der Waals surface area contributed by atoms with Crippen LogP contribution < -0.4 is 4.74 Å². The monoisotopic (exact) mass is 328 g/mol. The molecule has 2 aromatic rings. The van der Waals surface area contributed by atoms with E-state index in [1.807, 2.05) is 24.6 Å². The minimum Gasteiger partial charge on any atom is -0.491 e. The molecule has 1 aromatic heterocycles. The van der Waals surface area contributed by atoms with Crippen LogP contribution in [0.15, 0.2) is 29.4 Å². The number of aryl methyl sites for hydroxylation is 1. The molecule has 0 aliphatic rings. The van der Waals surface area contributed by atoms with Gasteiger partial charge in [0, 0.05) is 23.1 Å². The summed E-state index contributed by atoms with van der Waals surface area (Å²) in [7, 11) is 1.67. The average molecular weight is 329 g/mol. The van der Waals surface area contributed by atoms with E-state index in [4.69, 9.17) is 15.4 Å². The van der Waals surface area contributed by atoms with Crippen LogP contribution in [-0.2, 0) is 15.6 Å². The van der Waals surface area contributed by atoms with Crippen LogP contribution in [0.4, 0.5) is 0 Å². The lowest BCUT2D eigenvalue weighted by atomic mass is 10.1. The Bertz CT molecular complexity index is 754. The largest absolute Gasteiger partial charge is 0.491 e. The zero-order valence-corrected chi connectivity index (χ0v) is 13.7. The molecule has 0 bridgehead atoms. The lowest BCUT2D eigenvalue weighted by molar-refractivity contribution is 0.294. The Labute approximate surface area is 128 Å². The van der Waals surface area contributed by atoms with Gasteiger partial charge in [0.15, 0.2) is 0 Å². The zero-order chi connectivity index (χ0) is 15.6. The fraction of sp³-hybridized carbons (Fsp3) is 0.357. The first-order chi connectivity index (χ1) is 9.80. The van der Waals surface area contributed by atoms with Gasteiger partial charge in [0.25, 0.3) is 9.05 Å². The van der Waals surface area contributed by atoms with Crippen molar-refractivity contribution in [2.45, 2.75) is 32.2 Å². The molecular formula is C14H17ClN2O3S. The summed E-state index contributed by atoms with van der Waals surface area (Å²) in [4.78, 5) is 4.26. The molecule has 1 aromatic carbocycles. The Kier molecular flexibility index (Phi) is 4.58. The van der Waals surface area contributed by atoms with Crippen molar-refractivity contribution in [3.05, 3.63) is 41.5 Å². The summed E-state index contributed by atoms with van der Waals surface area (Å²) in [6, 6.07) is 3.11. The third-order valence-electron chi connectivity index (χ3n) is 3.46. The van der Waals surface area contributed by atoms with Crippen LogP contribution in [0.1, 0.15) is 17.0 Å². The van der Waals surface area contributed by atoms with Crippen LogP contribution in [0.5, 0.6) is 5.75 Å². The lowest BCUT2D eigenvalue weighted by Crippen LogP contribution is -2.10. The summed E-state index contributed by atoms with van der Waals surface area (Å²) in [5.41, 5.74) is 1.39. The summed E-state index contributed by atoms with van der Waals surface area (Å²) in [6.07, 6.45) is 3.63. The van der Waals surface area contributed by atoms with Gasteiger partial charge >= 0.3 is 0 Å². The van der Waals surface area contributed by atoms with Gasteiger partial charge in [-0.2, -0.15) is 0 Å². The van der Waals surface area contributed by atoms with Gasteiger partial charge in [-0.15, -0.1) is 0 Å². The lowest BCUT2D eigenvalue weighted by Gasteiger charge is -2.13. The highest BCUT2D eigenvalue weighted by atomic mass is 35.7. The van der Waals surface area contributed by atoms with Crippen LogP contribution in [0.2, 0.25) is 0 Å². The molecule has 5 nitrogen and oxygen atoms in total. The number of rotatable bonds is 5. The van der Waals surface area contributed by atoms with Crippen molar-refractivity contribution in [3.8, 4) is 5.75 Å². The first-order valence-corrected chi connectivity index (χ1v) is 8.77. The van der Waals surface area contributed by atoms with Gasteiger partial charge in [0.05, 0.1) is 11.4 Å². The quantitative estimate of drug-likeness (QED) is 0.792. The highest BCUT2D eigenvalue weighted by Gasteiger charge is 2.16. The van der Waals surface area contributed by atoms with Gasteiger partial charge in [0.1, 0.15) is 18.2 Å². The van der Waals surface area contributed by atoms with Gasteiger partial charge in [-0.25, -0.2) is 13.4 Å². The number of halogens is 1. The van der Waals surface area contributed by atoms with Crippen molar-refractivity contribution in [2.24, 2.45) is 0 Å². The molecule has 7 heteroatoms. The van der Waals surface area contributed by atoms with Gasteiger partial charge in [0.2, 0.25) is 0 Å². The summed E-state index contributed by atoms with van der Waals surface area (Å²) in [5, 5.41) is 0. The molecule has 2 rings (SSSR count). The Morgan fingerprint density at radius 2 is 1.95 bits per heavy atom. The first kappa shape index (κ1) is 15.9. The third kappa shape index (κ3) is 3.57. The Hall–Kier alpha value is -1.53. The summed E-state index contributed by atoms with van der Waals surface area (Å²) < 4.78 is 30.6. The SMILES string of the molecule is Cc1c(OCCn2ccnc2C)ccc(S(=O)(=O)Cl)c1C. The maximum Gasteiger partial charge on any atom is 0.261 e. The molecule has 0 fully saturated rings. The van der Waals surface area contributed by atoms with E-state index in [0.717, 1.165) is 11.4 Å². The minimum absolute atomic E-state index is 0.125. The Morgan fingerprint density at radius 1 is 1.24 bits per heavy atom. The molecule has 1 heterocycles. The second-order valence-electron chi connectivity index (χ2n) is 4.77. The van der Waals surface area contributed by atoms with Crippen molar-refractivity contribution < 1.29 is 13.2 Å².